The summed E-state index contributed by atoms with van der Waals surface area (Å²) in [6.07, 6.45) is 4.82. The van der Waals surface area contributed by atoms with Gasteiger partial charge in [0, 0.05) is 18.0 Å². The summed E-state index contributed by atoms with van der Waals surface area (Å²) in [5.74, 6) is 0.192. The summed E-state index contributed by atoms with van der Waals surface area (Å²) in [5.41, 5.74) is 1.02. The standard InChI is InChI=1S/C23H30N2O4/c1-22(2)12-17(13-23(3,4)14-22)29-16-8-6-15(7-9-16)25-21(27)19-20(26)18(28-5)10-11-24-19/h6-11,17,26H,12-14H2,1-5H3,(H,25,27). The van der Waals surface area contributed by atoms with Crippen LogP contribution in [0.2, 0.25) is 0 Å². The van der Waals surface area contributed by atoms with E-state index in [4.69, 9.17) is 9.47 Å². The Morgan fingerprint density at radius 3 is 2.31 bits per heavy atom. The molecule has 1 aliphatic rings. The summed E-state index contributed by atoms with van der Waals surface area (Å²) < 4.78 is 11.3. The molecule has 0 saturated heterocycles. The molecule has 6 heteroatoms. The molecule has 1 saturated carbocycles. The highest BCUT2D eigenvalue weighted by atomic mass is 16.5. The highest BCUT2D eigenvalue weighted by Gasteiger charge is 2.39. The van der Waals surface area contributed by atoms with Gasteiger partial charge < -0.3 is 19.9 Å². The van der Waals surface area contributed by atoms with Crippen molar-refractivity contribution in [2.24, 2.45) is 10.8 Å². The number of nitrogens with zero attached hydrogens (tertiary/aromatic N) is 1. The molecule has 2 N–H and O–H groups in total. The lowest BCUT2D eigenvalue weighted by Crippen LogP contribution is -2.39. The van der Waals surface area contributed by atoms with Gasteiger partial charge in [-0.2, -0.15) is 0 Å². The lowest BCUT2D eigenvalue weighted by molar-refractivity contribution is 0.0133. The van der Waals surface area contributed by atoms with E-state index in [1.54, 1.807) is 12.1 Å². The number of benzene rings is 1. The highest BCUT2D eigenvalue weighted by molar-refractivity contribution is 6.05. The van der Waals surface area contributed by atoms with Gasteiger partial charge in [0.15, 0.2) is 17.2 Å². The number of hydrogen-bond acceptors (Lipinski definition) is 5. The van der Waals surface area contributed by atoms with Crippen molar-refractivity contribution in [1.29, 1.82) is 0 Å². The third kappa shape index (κ3) is 5.19. The van der Waals surface area contributed by atoms with Gasteiger partial charge in [0.25, 0.3) is 5.91 Å². The van der Waals surface area contributed by atoms with E-state index in [1.807, 2.05) is 12.1 Å². The van der Waals surface area contributed by atoms with Crippen LogP contribution < -0.4 is 14.8 Å². The molecule has 0 bridgehead atoms. The van der Waals surface area contributed by atoms with Crippen molar-refractivity contribution in [3.63, 3.8) is 0 Å². The number of anilines is 1. The molecule has 3 rings (SSSR count). The van der Waals surface area contributed by atoms with Crippen LogP contribution in [0, 0.1) is 10.8 Å². The van der Waals surface area contributed by atoms with Gasteiger partial charge in [0.2, 0.25) is 0 Å². The Morgan fingerprint density at radius 2 is 1.72 bits per heavy atom. The van der Waals surface area contributed by atoms with E-state index in [0.717, 1.165) is 18.6 Å². The van der Waals surface area contributed by atoms with Crippen molar-refractivity contribution < 1.29 is 19.4 Å². The van der Waals surface area contributed by atoms with Crippen molar-refractivity contribution >= 4 is 11.6 Å². The van der Waals surface area contributed by atoms with Crippen LogP contribution >= 0.6 is 0 Å². The number of ether oxygens (including phenoxy) is 2. The molecule has 29 heavy (non-hydrogen) atoms. The lowest BCUT2D eigenvalue weighted by Gasteiger charge is -2.44. The van der Waals surface area contributed by atoms with Crippen LogP contribution in [0.1, 0.15) is 57.4 Å². The largest absolute Gasteiger partial charge is 0.503 e. The summed E-state index contributed by atoms with van der Waals surface area (Å²) in [6.45, 7) is 9.19. The molecule has 1 fully saturated rings. The van der Waals surface area contributed by atoms with E-state index in [2.05, 4.69) is 38.0 Å². The van der Waals surface area contributed by atoms with Crippen LogP contribution in [-0.4, -0.2) is 29.2 Å². The Kier molecular flexibility index (Phi) is 5.73. The smallest absolute Gasteiger partial charge is 0.278 e. The van der Waals surface area contributed by atoms with Crippen LogP contribution in [0.4, 0.5) is 5.69 Å². The topological polar surface area (TPSA) is 80.7 Å². The second-order valence-corrected chi connectivity index (χ2v) is 9.34. The third-order valence-electron chi connectivity index (χ3n) is 5.25. The van der Waals surface area contributed by atoms with Crippen LogP contribution in [0.25, 0.3) is 0 Å². The molecular formula is C23H30N2O4. The molecule has 156 valence electrons. The summed E-state index contributed by atoms with van der Waals surface area (Å²) in [6, 6.07) is 8.76. The number of aromatic nitrogens is 1. The van der Waals surface area contributed by atoms with Crippen molar-refractivity contribution in [2.75, 3.05) is 12.4 Å². The van der Waals surface area contributed by atoms with Crippen LogP contribution in [0.5, 0.6) is 17.2 Å². The van der Waals surface area contributed by atoms with Gasteiger partial charge in [-0.25, -0.2) is 4.98 Å². The summed E-state index contributed by atoms with van der Waals surface area (Å²) in [5, 5.41) is 12.8. The van der Waals surface area contributed by atoms with E-state index in [-0.39, 0.29) is 34.1 Å². The zero-order valence-corrected chi connectivity index (χ0v) is 17.8. The fourth-order valence-electron chi connectivity index (χ4n) is 4.59. The van der Waals surface area contributed by atoms with E-state index in [1.165, 1.54) is 25.8 Å². The minimum Gasteiger partial charge on any atom is -0.503 e. The Hall–Kier alpha value is -2.76. The fourth-order valence-corrected chi connectivity index (χ4v) is 4.59. The molecule has 1 aromatic carbocycles. The average Bonchev–Trinajstić information content (AvgIpc) is 2.61. The van der Waals surface area contributed by atoms with Gasteiger partial charge in [-0.05, 0) is 54.4 Å². The van der Waals surface area contributed by atoms with Gasteiger partial charge >= 0.3 is 0 Å². The number of pyridine rings is 1. The summed E-state index contributed by atoms with van der Waals surface area (Å²) in [7, 11) is 1.42. The summed E-state index contributed by atoms with van der Waals surface area (Å²) >= 11 is 0. The zero-order chi connectivity index (χ0) is 21.2. The van der Waals surface area contributed by atoms with Crippen LogP contribution in [0.15, 0.2) is 36.5 Å². The molecule has 1 aliphatic carbocycles. The Morgan fingerprint density at radius 1 is 1.10 bits per heavy atom. The Balaban J connectivity index is 1.66. The van der Waals surface area contributed by atoms with E-state index < -0.39 is 5.91 Å². The number of nitrogens with one attached hydrogen (secondary N) is 1. The van der Waals surface area contributed by atoms with Gasteiger partial charge in [-0.15, -0.1) is 0 Å². The second kappa shape index (κ2) is 7.93. The number of carbonyl (C=O) groups is 1. The maximum Gasteiger partial charge on any atom is 0.278 e. The van der Waals surface area contributed by atoms with E-state index in [0.29, 0.717) is 5.69 Å². The van der Waals surface area contributed by atoms with Crippen molar-refractivity contribution in [3.05, 3.63) is 42.2 Å². The monoisotopic (exact) mass is 398 g/mol. The van der Waals surface area contributed by atoms with Gasteiger partial charge in [0.05, 0.1) is 13.2 Å². The first kappa shape index (κ1) is 21.0. The number of rotatable bonds is 5. The molecule has 0 aliphatic heterocycles. The first-order valence-electron chi connectivity index (χ1n) is 9.89. The van der Waals surface area contributed by atoms with E-state index >= 15 is 0 Å². The average molecular weight is 399 g/mol. The summed E-state index contributed by atoms with van der Waals surface area (Å²) in [4.78, 5) is 16.4. The van der Waals surface area contributed by atoms with Gasteiger partial charge in [-0.3, -0.25) is 4.79 Å². The molecule has 1 amide bonds. The van der Waals surface area contributed by atoms with Crippen molar-refractivity contribution in [1.82, 2.24) is 4.98 Å². The van der Waals surface area contributed by atoms with Crippen LogP contribution in [0.3, 0.4) is 0 Å². The lowest BCUT2D eigenvalue weighted by atomic mass is 9.64. The molecule has 6 nitrogen and oxygen atoms in total. The maximum absolute atomic E-state index is 12.4. The number of aromatic hydroxyl groups is 1. The minimum absolute atomic E-state index is 0.0867. The third-order valence-corrected chi connectivity index (χ3v) is 5.25. The molecule has 0 spiro atoms. The minimum atomic E-state index is -0.508. The molecule has 0 atom stereocenters. The molecule has 2 aromatic rings. The zero-order valence-electron chi connectivity index (χ0n) is 17.8. The number of hydrogen-bond donors (Lipinski definition) is 2. The molecule has 0 unspecified atom stereocenters. The Labute approximate surface area is 172 Å². The number of amides is 1. The first-order chi connectivity index (χ1) is 13.6. The number of carbonyl (C=O) groups excluding carboxylic acids is 1. The molecule has 1 aromatic heterocycles. The Bertz CT molecular complexity index is 859. The number of methoxy groups -OCH3 is 1. The van der Waals surface area contributed by atoms with E-state index in [9.17, 15) is 9.90 Å². The predicted molar refractivity (Wildman–Crippen MR) is 113 cm³/mol. The quantitative estimate of drug-likeness (QED) is 0.738. The first-order valence-corrected chi connectivity index (χ1v) is 9.89. The van der Waals surface area contributed by atoms with Gasteiger partial charge in [0.1, 0.15) is 5.75 Å². The van der Waals surface area contributed by atoms with Crippen molar-refractivity contribution in [3.8, 4) is 17.2 Å². The highest BCUT2D eigenvalue weighted by Crippen LogP contribution is 2.46. The van der Waals surface area contributed by atoms with Crippen LogP contribution in [-0.2, 0) is 0 Å². The van der Waals surface area contributed by atoms with Gasteiger partial charge in [-0.1, -0.05) is 27.7 Å². The fraction of sp³-hybridized carbons (Fsp3) is 0.478. The maximum atomic E-state index is 12.4. The predicted octanol–water partition coefficient (Wildman–Crippen LogP) is 5.03. The normalized spacial score (nSPS) is 18.1. The molecule has 1 heterocycles. The van der Waals surface area contributed by atoms with Crippen molar-refractivity contribution in [2.45, 2.75) is 53.1 Å². The second-order valence-electron chi connectivity index (χ2n) is 9.34. The molecule has 0 radical (unpaired) electrons. The molecular weight excluding hydrogens is 368 g/mol. The SMILES string of the molecule is COc1ccnc(C(=O)Nc2ccc(OC3CC(C)(C)CC(C)(C)C3)cc2)c1O.